The van der Waals surface area contributed by atoms with Crippen molar-refractivity contribution in [2.24, 2.45) is 0 Å². The number of H-pyrrole nitrogens is 1. The van der Waals surface area contributed by atoms with Crippen molar-refractivity contribution in [3.05, 3.63) is 42.5 Å². The lowest BCUT2D eigenvalue weighted by Crippen LogP contribution is -2.04. The Bertz CT molecular complexity index is 1140. The van der Waals surface area contributed by atoms with Crippen LogP contribution < -0.4 is 4.74 Å². The summed E-state index contributed by atoms with van der Waals surface area (Å²) in [5.41, 5.74) is 2.68. The zero-order valence-electron chi connectivity index (χ0n) is 15.0. The van der Waals surface area contributed by atoms with E-state index in [0.717, 1.165) is 16.5 Å². The Balaban J connectivity index is 1.83. The smallest absolute Gasteiger partial charge is 0.191 e. The first kappa shape index (κ1) is 18.2. The highest BCUT2D eigenvalue weighted by Gasteiger charge is 2.19. The Morgan fingerprint density at radius 1 is 1.14 bits per heavy atom. The second-order valence-corrected chi connectivity index (χ2v) is 6.51. The van der Waals surface area contributed by atoms with E-state index < -0.39 is 0 Å². The molecule has 9 heteroatoms. The highest BCUT2D eigenvalue weighted by molar-refractivity contribution is 7.80. The van der Waals surface area contributed by atoms with Crippen molar-refractivity contribution in [3.8, 4) is 34.3 Å². The summed E-state index contributed by atoms with van der Waals surface area (Å²) in [4.78, 5) is 3.22. The number of rotatable bonds is 6. The third-order valence-corrected chi connectivity index (χ3v) is 4.58. The van der Waals surface area contributed by atoms with Gasteiger partial charge in [0.1, 0.15) is 34.5 Å². The summed E-state index contributed by atoms with van der Waals surface area (Å²) in [6, 6.07) is 11.9. The average Bonchev–Trinajstić information content (AvgIpc) is 3.25. The minimum absolute atomic E-state index is 0.0420. The number of nitrogens with zero attached hydrogens (tertiary/aromatic N) is 3. The minimum atomic E-state index is -0.121. The largest absolute Gasteiger partial charge is 0.508 e. The Hall–Kier alpha value is -3.17. The number of ether oxygens (including phenoxy) is 2. The van der Waals surface area contributed by atoms with Crippen molar-refractivity contribution in [2.75, 3.05) is 20.3 Å². The summed E-state index contributed by atoms with van der Waals surface area (Å²) in [6.45, 7) is 0.914. The molecule has 28 heavy (non-hydrogen) atoms. The van der Waals surface area contributed by atoms with Gasteiger partial charge in [0.2, 0.25) is 0 Å². The quantitative estimate of drug-likeness (QED) is 0.294. The molecule has 0 aliphatic heterocycles. The number of nitrogens with one attached hydrogen (secondary N) is 1. The zero-order valence-corrected chi connectivity index (χ0v) is 15.8. The molecule has 0 atom stereocenters. The van der Waals surface area contributed by atoms with Gasteiger partial charge in [-0.15, -0.1) is 17.7 Å². The third-order valence-electron chi connectivity index (χ3n) is 4.28. The van der Waals surface area contributed by atoms with E-state index in [1.807, 2.05) is 24.3 Å². The molecule has 144 valence electrons. The molecule has 4 rings (SSSR count). The first-order chi connectivity index (χ1) is 13.6. The van der Waals surface area contributed by atoms with Crippen LogP contribution in [0.3, 0.4) is 0 Å². The van der Waals surface area contributed by atoms with E-state index in [2.05, 4.69) is 27.9 Å². The fraction of sp³-hybridized carbons (Fsp3) is 0.158. The molecule has 0 fully saturated rings. The number of phenolic OH excluding ortho intramolecular Hbond substituents is 2. The Kier molecular flexibility index (Phi) is 4.84. The van der Waals surface area contributed by atoms with Crippen molar-refractivity contribution in [2.45, 2.75) is 5.03 Å². The van der Waals surface area contributed by atoms with Crippen molar-refractivity contribution in [1.29, 1.82) is 0 Å². The van der Waals surface area contributed by atoms with Crippen LogP contribution in [-0.2, 0) is 4.74 Å². The predicted octanol–water partition coefficient (Wildman–Crippen LogP) is 3.14. The summed E-state index contributed by atoms with van der Waals surface area (Å²) >= 11 is 4.45. The second-order valence-electron chi connectivity index (χ2n) is 6.09. The molecule has 3 N–H and O–H groups in total. The topological polar surface area (TPSA) is 105 Å². The van der Waals surface area contributed by atoms with E-state index >= 15 is 0 Å². The van der Waals surface area contributed by atoms with Gasteiger partial charge in [-0.1, -0.05) is 17.3 Å². The van der Waals surface area contributed by atoms with E-state index in [4.69, 9.17) is 9.47 Å². The number of aromatic hydroxyl groups is 2. The van der Waals surface area contributed by atoms with Gasteiger partial charge in [-0.25, -0.2) is 4.68 Å². The van der Waals surface area contributed by atoms with Crippen molar-refractivity contribution < 1.29 is 19.7 Å². The molecular formula is C19H18N4O4S. The summed E-state index contributed by atoms with van der Waals surface area (Å²) in [5, 5.41) is 29.3. The van der Waals surface area contributed by atoms with E-state index in [0.29, 0.717) is 35.5 Å². The highest BCUT2D eigenvalue weighted by Crippen LogP contribution is 2.37. The SMILES string of the molecule is COCCOc1cc2c(-c3c(S)nnn3-c3ccc(O)cc3O)cccc2[nH]1. The Morgan fingerprint density at radius 3 is 2.79 bits per heavy atom. The van der Waals surface area contributed by atoms with Gasteiger partial charge in [0.05, 0.1) is 6.61 Å². The fourth-order valence-corrected chi connectivity index (χ4v) is 3.27. The van der Waals surface area contributed by atoms with E-state index in [1.54, 1.807) is 13.2 Å². The first-order valence-electron chi connectivity index (χ1n) is 8.49. The van der Waals surface area contributed by atoms with Crippen LogP contribution in [0.25, 0.3) is 27.8 Å². The third kappa shape index (κ3) is 3.25. The highest BCUT2D eigenvalue weighted by atomic mass is 32.1. The first-order valence-corrected chi connectivity index (χ1v) is 8.94. The maximum Gasteiger partial charge on any atom is 0.191 e. The molecule has 0 radical (unpaired) electrons. The molecule has 0 aliphatic rings. The number of phenols is 2. The molecule has 0 aliphatic carbocycles. The number of hydrogen-bond donors (Lipinski definition) is 4. The summed E-state index contributed by atoms with van der Waals surface area (Å²) < 4.78 is 12.2. The van der Waals surface area contributed by atoms with Gasteiger partial charge in [0.25, 0.3) is 0 Å². The molecule has 4 aromatic rings. The van der Waals surface area contributed by atoms with Crippen LogP contribution in [-0.4, -0.2) is 50.5 Å². The molecule has 8 nitrogen and oxygen atoms in total. The lowest BCUT2D eigenvalue weighted by molar-refractivity contribution is 0.144. The molecule has 2 aromatic heterocycles. The lowest BCUT2D eigenvalue weighted by Gasteiger charge is -2.10. The zero-order chi connectivity index (χ0) is 19.7. The van der Waals surface area contributed by atoms with Gasteiger partial charge >= 0.3 is 0 Å². The monoisotopic (exact) mass is 398 g/mol. The standard InChI is InChI=1S/C19H18N4O4S/c1-26-7-8-27-17-10-13-12(3-2-4-14(13)20-17)18-19(28)21-22-23(18)15-6-5-11(24)9-16(15)25/h2-6,9-10,20,24-25,28H,7-8H2,1H3. The van der Waals surface area contributed by atoms with E-state index in [-0.39, 0.29) is 11.5 Å². The average molecular weight is 398 g/mol. The van der Waals surface area contributed by atoms with Crippen molar-refractivity contribution in [3.63, 3.8) is 0 Å². The molecule has 0 amide bonds. The Morgan fingerprint density at radius 2 is 2.00 bits per heavy atom. The molecule has 0 bridgehead atoms. The maximum atomic E-state index is 10.3. The van der Waals surface area contributed by atoms with Gasteiger partial charge in [-0.05, 0) is 18.2 Å². The van der Waals surface area contributed by atoms with Crippen LogP contribution in [0.4, 0.5) is 0 Å². The number of fused-ring (bicyclic) bond motifs is 1. The molecule has 0 spiro atoms. The van der Waals surface area contributed by atoms with Crippen LogP contribution in [0.5, 0.6) is 17.4 Å². The fourth-order valence-electron chi connectivity index (χ4n) is 3.02. The van der Waals surface area contributed by atoms with Gasteiger partial charge in [-0.2, -0.15) is 0 Å². The predicted molar refractivity (Wildman–Crippen MR) is 107 cm³/mol. The normalized spacial score (nSPS) is 11.2. The van der Waals surface area contributed by atoms with Gasteiger partial charge < -0.3 is 24.7 Å². The summed E-state index contributed by atoms with van der Waals surface area (Å²) in [7, 11) is 1.62. The van der Waals surface area contributed by atoms with Gasteiger partial charge in [0, 0.05) is 35.7 Å². The van der Waals surface area contributed by atoms with Crippen molar-refractivity contribution in [1.82, 2.24) is 20.0 Å². The number of benzene rings is 2. The number of aromatic nitrogens is 4. The number of thiol groups is 1. The molecule has 0 unspecified atom stereocenters. The molecule has 2 heterocycles. The van der Waals surface area contributed by atoms with Crippen LogP contribution in [0.1, 0.15) is 0 Å². The summed E-state index contributed by atoms with van der Waals surface area (Å²) in [6.07, 6.45) is 0. The van der Waals surface area contributed by atoms with Crippen LogP contribution in [0.15, 0.2) is 47.5 Å². The number of hydrogen-bond acceptors (Lipinski definition) is 7. The van der Waals surface area contributed by atoms with E-state index in [9.17, 15) is 10.2 Å². The van der Waals surface area contributed by atoms with Gasteiger partial charge in [-0.3, -0.25) is 0 Å². The van der Waals surface area contributed by atoms with Gasteiger partial charge in [0.15, 0.2) is 5.88 Å². The van der Waals surface area contributed by atoms with Crippen LogP contribution >= 0.6 is 12.6 Å². The van der Waals surface area contributed by atoms with Crippen LogP contribution in [0.2, 0.25) is 0 Å². The molecule has 0 saturated heterocycles. The molecule has 0 saturated carbocycles. The molecular weight excluding hydrogens is 380 g/mol. The number of methoxy groups -OCH3 is 1. The maximum absolute atomic E-state index is 10.3. The lowest BCUT2D eigenvalue weighted by atomic mass is 10.1. The molecule has 2 aromatic carbocycles. The summed E-state index contributed by atoms with van der Waals surface area (Å²) in [5.74, 6) is 0.454. The Labute approximate surface area is 165 Å². The second kappa shape index (κ2) is 7.45. The van der Waals surface area contributed by atoms with E-state index in [1.165, 1.54) is 16.8 Å². The van der Waals surface area contributed by atoms with Crippen molar-refractivity contribution >= 4 is 23.5 Å². The van der Waals surface area contributed by atoms with Crippen LogP contribution in [0, 0.1) is 0 Å². The minimum Gasteiger partial charge on any atom is -0.508 e. The number of aromatic amines is 1.